The highest BCUT2D eigenvalue weighted by molar-refractivity contribution is 5.36. The van der Waals surface area contributed by atoms with Gasteiger partial charge in [-0.05, 0) is 6.07 Å². The molecule has 74 valence electrons. The SMILES string of the molecule is NCCC#Cc1cc(F)cc(F)c1F. The van der Waals surface area contributed by atoms with Crippen LogP contribution in [0.3, 0.4) is 0 Å². The van der Waals surface area contributed by atoms with Gasteiger partial charge in [0.25, 0.3) is 0 Å². The lowest BCUT2D eigenvalue weighted by Crippen LogP contribution is -1.96. The third kappa shape index (κ3) is 2.51. The van der Waals surface area contributed by atoms with Gasteiger partial charge in [-0.2, -0.15) is 0 Å². The minimum Gasteiger partial charge on any atom is -0.330 e. The fourth-order valence-corrected chi connectivity index (χ4v) is 0.877. The molecule has 1 nitrogen and oxygen atoms in total. The molecule has 4 heteroatoms. The van der Waals surface area contributed by atoms with Crippen LogP contribution in [-0.4, -0.2) is 6.54 Å². The summed E-state index contributed by atoms with van der Waals surface area (Å²) < 4.78 is 38.2. The third-order valence-corrected chi connectivity index (χ3v) is 1.49. The molecule has 0 heterocycles. The predicted molar refractivity (Wildman–Crippen MR) is 46.9 cm³/mol. The van der Waals surface area contributed by atoms with Crippen LogP contribution in [0.25, 0.3) is 0 Å². The Kier molecular flexibility index (Phi) is 3.55. The molecule has 0 aliphatic rings. The van der Waals surface area contributed by atoms with E-state index < -0.39 is 17.5 Å². The minimum absolute atomic E-state index is 0.282. The summed E-state index contributed by atoms with van der Waals surface area (Å²) in [6.07, 6.45) is 0.359. The number of benzene rings is 1. The van der Waals surface area contributed by atoms with Crippen molar-refractivity contribution in [3.8, 4) is 11.8 Å². The van der Waals surface area contributed by atoms with E-state index in [0.717, 1.165) is 6.07 Å². The van der Waals surface area contributed by atoms with Crippen molar-refractivity contribution in [2.24, 2.45) is 5.73 Å². The smallest absolute Gasteiger partial charge is 0.174 e. The van der Waals surface area contributed by atoms with Crippen molar-refractivity contribution in [1.82, 2.24) is 0 Å². The zero-order chi connectivity index (χ0) is 10.6. The van der Waals surface area contributed by atoms with Crippen LogP contribution in [0.4, 0.5) is 13.2 Å². The van der Waals surface area contributed by atoms with Crippen molar-refractivity contribution in [3.05, 3.63) is 35.1 Å². The van der Waals surface area contributed by atoms with Gasteiger partial charge in [-0.15, -0.1) is 0 Å². The van der Waals surface area contributed by atoms with E-state index in [0.29, 0.717) is 19.0 Å². The Balaban J connectivity index is 3.04. The molecular weight excluding hydrogens is 191 g/mol. The summed E-state index contributed by atoms with van der Waals surface area (Å²) >= 11 is 0. The van der Waals surface area contributed by atoms with Crippen molar-refractivity contribution in [3.63, 3.8) is 0 Å². The topological polar surface area (TPSA) is 26.0 Å². The molecule has 0 atom stereocenters. The summed E-state index contributed by atoms with van der Waals surface area (Å²) in [5.41, 5.74) is 4.86. The van der Waals surface area contributed by atoms with Gasteiger partial charge in [0, 0.05) is 19.0 Å². The molecule has 0 unspecified atom stereocenters. The molecule has 0 aromatic heterocycles. The zero-order valence-electron chi connectivity index (χ0n) is 7.28. The Morgan fingerprint density at radius 2 is 1.93 bits per heavy atom. The molecule has 1 rings (SSSR count). The second kappa shape index (κ2) is 4.68. The number of halogens is 3. The largest absolute Gasteiger partial charge is 0.330 e. The third-order valence-electron chi connectivity index (χ3n) is 1.49. The first kappa shape index (κ1) is 10.6. The van der Waals surface area contributed by atoms with Crippen molar-refractivity contribution in [2.45, 2.75) is 6.42 Å². The molecular formula is C10H8F3N. The minimum atomic E-state index is -1.23. The van der Waals surface area contributed by atoms with Crippen molar-refractivity contribution >= 4 is 0 Å². The van der Waals surface area contributed by atoms with E-state index >= 15 is 0 Å². The summed E-state index contributed by atoms with van der Waals surface area (Å²) in [5, 5.41) is 0. The zero-order valence-corrected chi connectivity index (χ0v) is 7.28. The lowest BCUT2D eigenvalue weighted by Gasteiger charge is -1.96. The second-order valence-electron chi connectivity index (χ2n) is 2.59. The van der Waals surface area contributed by atoms with Gasteiger partial charge < -0.3 is 5.73 Å². The first-order valence-corrected chi connectivity index (χ1v) is 3.98. The van der Waals surface area contributed by atoms with Crippen molar-refractivity contribution in [2.75, 3.05) is 6.54 Å². The first-order chi connectivity index (χ1) is 6.65. The maximum Gasteiger partial charge on any atom is 0.174 e. The number of hydrogen-bond acceptors (Lipinski definition) is 1. The molecule has 0 spiro atoms. The van der Waals surface area contributed by atoms with E-state index in [2.05, 4.69) is 11.8 Å². The van der Waals surface area contributed by atoms with Crippen LogP contribution in [0.1, 0.15) is 12.0 Å². The van der Waals surface area contributed by atoms with Crippen LogP contribution in [0.5, 0.6) is 0 Å². The van der Waals surface area contributed by atoms with Gasteiger partial charge in [0.05, 0.1) is 5.56 Å². The monoisotopic (exact) mass is 199 g/mol. The van der Waals surface area contributed by atoms with Gasteiger partial charge in [-0.25, -0.2) is 13.2 Å². The van der Waals surface area contributed by atoms with E-state index in [9.17, 15) is 13.2 Å². The van der Waals surface area contributed by atoms with E-state index in [1.54, 1.807) is 0 Å². The van der Waals surface area contributed by atoms with Crippen LogP contribution in [0.2, 0.25) is 0 Å². The maximum atomic E-state index is 12.9. The van der Waals surface area contributed by atoms with Crippen molar-refractivity contribution in [1.29, 1.82) is 0 Å². The molecule has 0 saturated carbocycles. The Bertz CT molecular complexity index is 390. The van der Waals surface area contributed by atoms with Crippen LogP contribution in [0.15, 0.2) is 12.1 Å². The Morgan fingerprint density at radius 3 is 2.57 bits per heavy atom. The van der Waals surface area contributed by atoms with Gasteiger partial charge in [0.15, 0.2) is 11.6 Å². The first-order valence-electron chi connectivity index (χ1n) is 3.98. The maximum absolute atomic E-state index is 12.9. The highest BCUT2D eigenvalue weighted by atomic mass is 19.2. The molecule has 0 aliphatic carbocycles. The summed E-state index contributed by atoms with van der Waals surface area (Å²) in [4.78, 5) is 0. The molecule has 2 N–H and O–H groups in total. The fraction of sp³-hybridized carbons (Fsp3) is 0.200. The number of hydrogen-bond donors (Lipinski definition) is 1. The molecule has 0 bridgehead atoms. The Labute approximate surface area is 79.7 Å². The van der Waals surface area contributed by atoms with Gasteiger partial charge >= 0.3 is 0 Å². The van der Waals surface area contributed by atoms with E-state index in [1.165, 1.54) is 0 Å². The normalized spacial score (nSPS) is 9.43. The molecule has 0 saturated heterocycles. The van der Waals surface area contributed by atoms with Crippen LogP contribution < -0.4 is 5.73 Å². The fourth-order valence-electron chi connectivity index (χ4n) is 0.877. The summed E-state index contributed by atoms with van der Waals surface area (Å²) in [7, 11) is 0. The standard InChI is InChI=1S/C10H8F3N/c11-8-5-7(3-1-2-4-14)10(13)9(12)6-8/h5-6H,2,4,14H2. The summed E-state index contributed by atoms with van der Waals surface area (Å²) in [6.45, 7) is 0.326. The average molecular weight is 199 g/mol. The van der Waals surface area contributed by atoms with Crippen LogP contribution in [0, 0.1) is 29.3 Å². The number of nitrogens with two attached hydrogens (primary N) is 1. The second-order valence-corrected chi connectivity index (χ2v) is 2.59. The predicted octanol–water partition coefficient (Wildman–Crippen LogP) is 1.80. The molecule has 1 aromatic carbocycles. The lowest BCUT2D eigenvalue weighted by molar-refractivity contribution is 0.492. The summed E-state index contributed by atoms with van der Waals surface area (Å²) in [6, 6.07) is 1.32. The molecule has 0 amide bonds. The molecule has 0 radical (unpaired) electrons. The van der Waals surface area contributed by atoms with E-state index in [-0.39, 0.29) is 5.56 Å². The van der Waals surface area contributed by atoms with Crippen molar-refractivity contribution < 1.29 is 13.2 Å². The highest BCUT2D eigenvalue weighted by Gasteiger charge is 2.08. The quantitative estimate of drug-likeness (QED) is 0.541. The summed E-state index contributed by atoms with van der Waals surface area (Å²) in [5.74, 6) is 1.60. The lowest BCUT2D eigenvalue weighted by atomic mass is 10.2. The highest BCUT2D eigenvalue weighted by Crippen LogP contribution is 2.12. The average Bonchev–Trinajstić information content (AvgIpc) is 2.13. The molecule has 0 aliphatic heterocycles. The number of rotatable bonds is 1. The molecule has 0 fully saturated rings. The Hall–Kier alpha value is -1.47. The van der Waals surface area contributed by atoms with Gasteiger partial charge in [0.2, 0.25) is 0 Å². The van der Waals surface area contributed by atoms with Gasteiger partial charge in [-0.1, -0.05) is 11.8 Å². The van der Waals surface area contributed by atoms with Gasteiger partial charge in [-0.3, -0.25) is 0 Å². The van der Waals surface area contributed by atoms with Gasteiger partial charge in [0.1, 0.15) is 5.82 Å². The van der Waals surface area contributed by atoms with Crippen LogP contribution in [-0.2, 0) is 0 Å². The van der Waals surface area contributed by atoms with E-state index in [4.69, 9.17) is 5.73 Å². The van der Waals surface area contributed by atoms with E-state index in [1.807, 2.05) is 0 Å². The molecule has 14 heavy (non-hydrogen) atoms. The van der Waals surface area contributed by atoms with Crippen LogP contribution >= 0.6 is 0 Å². The Morgan fingerprint density at radius 1 is 1.21 bits per heavy atom. The molecule has 1 aromatic rings.